The Bertz CT molecular complexity index is 633. The molecule has 0 saturated carbocycles. The minimum absolute atomic E-state index is 0.718. The zero-order chi connectivity index (χ0) is 15.2. The van der Waals surface area contributed by atoms with Crippen LogP contribution in [0, 0.1) is 5.92 Å². The van der Waals surface area contributed by atoms with Gasteiger partial charge < -0.3 is 10.1 Å². The van der Waals surface area contributed by atoms with Crippen LogP contribution in [0.2, 0.25) is 0 Å². The largest absolute Gasteiger partial charge is 0.495 e. The number of ether oxygens (including phenoxy) is 1. The molecule has 0 amide bonds. The molecule has 0 radical (unpaired) electrons. The van der Waals surface area contributed by atoms with Gasteiger partial charge in [-0.05, 0) is 48.4 Å². The molecule has 2 aromatic carbocycles. The van der Waals surface area contributed by atoms with Gasteiger partial charge in [-0.25, -0.2) is 0 Å². The number of methoxy groups -OCH3 is 1. The average molecular weight is 293 g/mol. The van der Waals surface area contributed by atoms with Crippen molar-refractivity contribution < 1.29 is 4.74 Å². The molecule has 1 aliphatic rings. The number of benzene rings is 2. The first-order valence-electron chi connectivity index (χ1n) is 7.99. The highest BCUT2D eigenvalue weighted by Gasteiger charge is 2.11. The van der Waals surface area contributed by atoms with E-state index in [1.165, 1.54) is 30.4 Å². The molecule has 0 heterocycles. The average Bonchev–Trinajstić information content (AvgIpc) is 2.61. The van der Waals surface area contributed by atoms with Crippen molar-refractivity contribution in [2.45, 2.75) is 19.3 Å². The van der Waals surface area contributed by atoms with Crippen LogP contribution >= 0.6 is 0 Å². The van der Waals surface area contributed by atoms with Crippen LogP contribution < -0.4 is 10.1 Å². The maximum Gasteiger partial charge on any atom is 0.141 e. The number of hydrogen-bond acceptors (Lipinski definition) is 2. The van der Waals surface area contributed by atoms with Gasteiger partial charge in [0, 0.05) is 6.54 Å². The van der Waals surface area contributed by atoms with E-state index in [9.17, 15) is 0 Å². The summed E-state index contributed by atoms with van der Waals surface area (Å²) in [6.07, 6.45) is 8.23. The van der Waals surface area contributed by atoms with Gasteiger partial charge in [0.05, 0.1) is 12.8 Å². The normalized spacial score (nSPS) is 17.2. The van der Waals surface area contributed by atoms with E-state index < -0.39 is 0 Å². The molecule has 0 fully saturated rings. The van der Waals surface area contributed by atoms with Crippen LogP contribution in [0.3, 0.4) is 0 Å². The Morgan fingerprint density at radius 2 is 1.91 bits per heavy atom. The summed E-state index contributed by atoms with van der Waals surface area (Å²) >= 11 is 0. The van der Waals surface area contributed by atoms with E-state index in [1.807, 2.05) is 12.1 Å². The summed E-state index contributed by atoms with van der Waals surface area (Å²) in [7, 11) is 1.73. The lowest BCUT2D eigenvalue weighted by Gasteiger charge is -2.20. The fraction of sp³-hybridized carbons (Fsp3) is 0.300. The minimum atomic E-state index is 0.718. The Balaban J connectivity index is 1.77. The third kappa shape index (κ3) is 3.51. The highest BCUT2D eigenvalue weighted by Crippen LogP contribution is 2.31. The molecule has 1 atom stereocenters. The lowest BCUT2D eigenvalue weighted by Crippen LogP contribution is -2.15. The third-order valence-electron chi connectivity index (χ3n) is 4.27. The Labute approximate surface area is 132 Å². The summed E-state index contributed by atoms with van der Waals surface area (Å²) in [5.41, 5.74) is 3.53. The van der Waals surface area contributed by atoms with Gasteiger partial charge in [-0.15, -0.1) is 0 Å². The Morgan fingerprint density at radius 1 is 1.05 bits per heavy atom. The smallest absolute Gasteiger partial charge is 0.141 e. The van der Waals surface area contributed by atoms with Gasteiger partial charge in [0.2, 0.25) is 0 Å². The first-order chi connectivity index (χ1) is 10.9. The van der Waals surface area contributed by atoms with E-state index >= 15 is 0 Å². The molecule has 0 spiro atoms. The first-order valence-corrected chi connectivity index (χ1v) is 7.99. The molecule has 2 aromatic rings. The van der Waals surface area contributed by atoms with Crippen molar-refractivity contribution in [3.05, 3.63) is 60.7 Å². The Morgan fingerprint density at radius 3 is 2.64 bits per heavy atom. The van der Waals surface area contributed by atoms with Gasteiger partial charge >= 0.3 is 0 Å². The van der Waals surface area contributed by atoms with Gasteiger partial charge in [0.25, 0.3) is 0 Å². The zero-order valence-electron chi connectivity index (χ0n) is 13.1. The summed E-state index contributed by atoms with van der Waals surface area (Å²) < 4.78 is 5.50. The number of anilines is 1. The molecular formula is C20H23NO. The van der Waals surface area contributed by atoms with Crippen LogP contribution in [0.4, 0.5) is 5.69 Å². The van der Waals surface area contributed by atoms with Crippen molar-refractivity contribution in [2.75, 3.05) is 19.0 Å². The number of allylic oxidation sites excluding steroid dienone is 2. The Hall–Kier alpha value is -2.22. The van der Waals surface area contributed by atoms with Gasteiger partial charge in [-0.1, -0.05) is 48.6 Å². The highest BCUT2D eigenvalue weighted by atomic mass is 16.5. The topological polar surface area (TPSA) is 21.3 Å². The Kier molecular flexibility index (Phi) is 4.79. The minimum Gasteiger partial charge on any atom is -0.495 e. The standard InChI is InChI=1S/C20H23NO/c1-22-20-13-12-18(17-10-6-3-7-11-17)14-19(20)21-15-16-8-4-2-5-9-16/h2-4,6-7,10-14,16,21H,5,8-9,15H2,1H3. The molecule has 114 valence electrons. The summed E-state index contributed by atoms with van der Waals surface area (Å²) in [6, 6.07) is 16.8. The summed E-state index contributed by atoms with van der Waals surface area (Å²) in [5.74, 6) is 1.63. The predicted octanol–water partition coefficient (Wildman–Crippen LogP) is 5.13. The van der Waals surface area contributed by atoms with Crippen molar-refractivity contribution >= 4 is 5.69 Å². The first kappa shape index (κ1) is 14.7. The third-order valence-corrected chi connectivity index (χ3v) is 4.27. The molecular weight excluding hydrogens is 270 g/mol. The molecule has 1 aliphatic carbocycles. The fourth-order valence-electron chi connectivity index (χ4n) is 2.95. The maximum atomic E-state index is 5.50. The number of rotatable bonds is 5. The quantitative estimate of drug-likeness (QED) is 0.772. The van der Waals surface area contributed by atoms with Gasteiger partial charge in [0.1, 0.15) is 5.75 Å². The van der Waals surface area contributed by atoms with Crippen molar-refractivity contribution in [2.24, 2.45) is 5.92 Å². The molecule has 2 nitrogen and oxygen atoms in total. The van der Waals surface area contributed by atoms with Crippen molar-refractivity contribution in [3.63, 3.8) is 0 Å². The monoisotopic (exact) mass is 293 g/mol. The van der Waals surface area contributed by atoms with Gasteiger partial charge in [0.15, 0.2) is 0 Å². The molecule has 1 N–H and O–H groups in total. The fourth-order valence-corrected chi connectivity index (χ4v) is 2.95. The number of hydrogen-bond donors (Lipinski definition) is 1. The van der Waals surface area contributed by atoms with Crippen LogP contribution in [0.1, 0.15) is 19.3 Å². The van der Waals surface area contributed by atoms with E-state index in [4.69, 9.17) is 4.74 Å². The van der Waals surface area contributed by atoms with Gasteiger partial charge in [-0.2, -0.15) is 0 Å². The number of nitrogens with one attached hydrogen (secondary N) is 1. The molecule has 0 saturated heterocycles. The zero-order valence-corrected chi connectivity index (χ0v) is 13.1. The second-order valence-corrected chi connectivity index (χ2v) is 5.81. The molecule has 1 unspecified atom stereocenters. The van der Waals surface area contributed by atoms with E-state index in [0.29, 0.717) is 0 Å². The van der Waals surface area contributed by atoms with Crippen molar-refractivity contribution in [3.8, 4) is 16.9 Å². The molecule has 3 rings (SSSR count). The molecule has 22 heavy (non-hydrogen) atoms. The second kappa shape index (κ2) is 7.17. The van der Waals surface area contributed by atoms with E-state index in [1.54, 1.807) is 7.11 Å². The summed E-state index contributed by atoms with van der Waals surface area (Å²) in [5, 5.41) is 3.59. The SMILES string of the molecule is COc1ccc(-c2ccccc2)cc1NCC1CC=CCC1. The molecule has 0 aliphatic heterocycles. The maximum absolute atomic E-state index is 5.50. The van der Waals surface area contributed by atoms with Crippen molar-refractivity contribution in [1.82, 2.24) is 0 Å². The molecule has 0 aromatic heterocycles. The second-order valence-electron chi connectivity index (χ2n) is 5.81. The van der Waals surface area contributed by atoms with Crippen LogP contribution in [-0.4, -0.2) is 13.7 Å². The van der Waals surface area contributed by atoms with Crippen LogP contribution in [0.15, 0.2) is 60.7 Å². The van der Waals surface area contributed by atoms with Gasteiger partial charge in [-0.3, -0.25) is 0 Å². The lowest BCUT2D eigenvalue weighted by molar-refractivity contribution is 0.415. The van der Waals surface area contributed by atoms with Crippen LogP contribution in [0.5, 0.6) is 5.75 Å². The molecule has 0 bridgehead atoms. The van der Waals surface area contributed by atoms with E-state index in [0.717, 1.165) is 23.9 Å². The lowest BCUT2D eigenvalue weighted by atomic mass is 9.94. The van der Waals surface area contributed by atoms with Crippen LogP contribution in [0.25, 0.3) is 11.1 Å². The summed E-state index contributed by atoms with van der Waals surface area (Å²) in [6.45, 7) is 0.999. The summed E-state index contributed by atoms with van der Waals surface area (Å²) in [4.78, 5) is 0. The van der Waals surface area contributed by atoms with Crippen LogP contribution in [-0.2, 0) is 0 Å². The van der Waals surface area contributed by atoms with E-state index in [2.05, 4.69) is 53.9 Å². The van der Waals surface area contributed by atoms with E-state index in [-0.39, 0.29) is 0 Å². The predicted molar refractivity (Wildman–Crippen MR) is 93.4 cm³/mol. The molecule has 2 heteroatoms. The van der Waals surface area contributed by atoms with Crippen molar-refractivity contribution in [1.29, 1.82) is 0 Å². The highest BCUT2D eigenvalue weighted by molar-refractivity contribution is 5.71.